The summed E-state index contributed by atoms with van der Waals surface area (Å²) in [4.78, 5) is 17.2. The highest BCUT2D eigenvalue weighted by atomic mass is 32.2. The lowest BCUT2D eigenvalue weighted by Gasteiger charge is -2.38. The minimum absolute atomic E-state index is 0.0195. The first-order chi connectivity index (χ1) is 26.5. The van der Waals surface area contributed by atoms with Gasteiger partial charge in [0.05, 0.1) is 31.8 Å². The number of benzene rings is 1. The standard InChI is InChI=1S/C38H46F3N5O9S/c1-24-7-8-26(31(36(3,4)35(48)49)28-11-14-46-32(25(28)2)43-44-34(46)38(39,40)41)21-27(24)22-45-23-37(12-19-53-20-13-37)55-33-29(56(45,50)51)9-10-30(42-33)54-18-6-17-52-16-5-15-47/h7-11,14,21,31,47H,5-6,12-13,15-20,22-23H2,1-4H3,(H,48,49)/t31-/m0/s1. The summed E-state index contributed by atoms with van der Waals surface area (Å²) in [6.45, 7) is 8.20. The quantitative estimate of drug-likeness (QED) is 0.158. The fourth-order valence-electron chi connectivity index (χ4n) is 7.24. The van der Waals surface area contributed by atoms with Gasteiger partial charge in [-0.2, -0.15) is 22.5 Å². The van der Waals surface area contributed by atoms with E-state index in [0.717, 1.165) is 9.96 Å². The van der Waals surface area contributed by atoms with E-state index >= 15 is 0 Å². The van der Waals surface area contributed by atoms with Crippen molar-refractivity contribution in [3.8, 4) is 11.8 Å². The molecule has 0 aliphatic carbocycles. The number of aromatic nitrogens is 4. The number of carboxylic acid groups (broad SMARTS) is 1. The molecule has 0 bridgehead atoms. The molecule has 0 saturated carbocycles. The highest BCUT2D eigenvalue weighted by Gasteiger charge is 2.46. The van der Waals surface area contributed by atoms with Gasteiger partial charge in [0.25, 0.3) is 0 Å². The SMILES string of the molecule is Cc1ccc([C@@H](c2ccn3c(C(F)(F)F)nnc3c2C)C(C)(C)C(=O)O)cc1CN1CC2(CCOCC2)Oc2nc(OCCCOCCCO)ccc2S1(=O)=O. The normalized spacial score (nSPS) is 17.6. The van der Waals surface area contributed by atoms with Gasteiger partial charge in [0, 0.05) is 63.8 Å². The molecule has 1 aromatic carbocycles. The van der Waals surface area contributed by atoms with Crippen LogP contribution in [0, 0.1) is 19.3 Å². The number of sulfonamides is 1. The molecule has 14 nitrogen and oxygen atoms in total. The number of hydrogen-bond acceptors (Lipinski definition) is 11. The number of rotatable bonds is 14. The number of nitrogens with zero attached hydrogens (tertiary/aromatic N) is 5. The second-order valence-electron chi connectivity index (χ2n) is 14.8. The first-order valence-corrected chi connectivity index (χ1v) is 19.8. The number of pyridine rings is 2. The Labute approximate surface area is 322 Å². The number of carboxylic acids is 1. The van der Waals surface area contributed by atoms with Crippen molar-refractivity contribution in [2.45, 2.75) is 82.5 Å². The molecule has 56 heavy (non-hydrogen) atoms. The minimum atomic E-state index is -4.76. The van der Waals surface area contributed by atoms with Crippen molar-refractivity contribution in [3.05, 3.63) is 76.2 Å². The topological polar surface area (TPSA) is 175 Å². The Hall–Kier alpha value is -4.36. The molecular weight excluding hydrogens is 760 g/mol. The number of aliphatic carboxylic acids is 1. The summed E-state index contributed by atoms with van der Waals surface area (Å²) >= 11 is 0. The van der Waals surface area contributed by atoms with Crippen molar-refractivity contribution < 1.29 is 55.5 Å². The van der Waals surface area contributed by atoms with Crippen LogP contribution in [0.3, 0.4) is 0 Å². The summed E-state index contributed by atoms with van der Waals surface area (Å²) in [6, 6.07) is 9.65. The van der Waals surface area contributed by atoms with E-state index in [4.69, 9.17) is 24.1 Å². The van der Waals surface area contributed by atoms with Crippen LogP contribution < -0.4 is 9.47 Å². The molecule has 304 valence electrons. The van der Waals surface area contributed by atoms with Gasteiger partial charge in [-0.3, -0.25) is 9.20 Å². The second-order valence-corrected chi connectivity index (χ2v) is 16.7. The molecular formula is C38H46F3N5O9S. The molecule has 6 rings (SSSR count). The van der Waals surface area contributed by atoms with Crippen LogP contribution in [0.1, 0.15) is 79.1 Å². The molecule has 0 unspecified atom stereocenters. The van der Waals surface area contributed by atoms with Crippen LogP contribution in [0.2, 0.25) is 0 Å². The van der Waals surface area contributed by atoms with Crippen molar-refractivity contribution in [2.24, 2.45) is 5.41 Å². The van der Waals surface area contributed by atoms with E-state index in [9.17, 15) is 31.5 Å². The van der Waals surface area contributed by atoms with Gasteiger partial charge in [-0.15, -0.1) is 10.2 Å². The third kappa shape index (κ3) is 8.34. The summed E-state index contributed by atoms with van der Waals surface area (Å²) in [6.07, 6.45) is -1.69. The molecule has 1 fully saturated rings. The number of aliphatic hydroxyl groups excluding tert-OH is 1. The summed E-state index contributed by atoms with van der Waals surface area (Å²) in [5, 5.41) is 26.5. The zero-order valence-corrected chi connectivity index (χ0v) is 32.5. The van der Waals surface area contributed by atoms with E-state index in [-0.39, 0.29) is 48.6 Å². The zero-order valence-electron chi connectivity index (χ0n) is 31.6. The van der Waals surface area contributed by atoms with E-state index in [0.29, 0.717) is 74.4 Å². The number of hydrogen-bond donors (Lipinski definition) is 2. The smallest absolute Gasteiger partial charge is 0.452 e. The fourth-order valence-corrected chi connectivity index (χ4v) is 8.78. The number of aliphatic hydroxyl groups is 1. The number of carbonyl (C=O) groups is 1. The van der Waals surface area contributed by atoms with Crippen LogP contribution in [0.15, 0.2) is 47.5 Å². The van der Waals surface area contributed by atoms with Crippen LogP contribution in [0.25, 0.3) is 5.65 Å². The van der Waals surface area contributed by atoms with Crippen molar-refractivity contribution >= 4 is 21.6 Å². The summed E-state index contributed by atoms with van der Waals surface area (Å²) in [7, 11) is -4.23. The lowest BCUT2D eigenvalue weighted by atomic mass is 9.70. The molecule has 18 heteroatoms. The van der Waals surface area contributed by atoms with Crippen LogP contribution >= 0.6 is 0 Å². The summed E-state index contributed by atoms with van der Waals surface area (Å²) < 4.78 is 95.7. The van der Waals surface area contributed by atoms with Crippen LogP contribution in [-0.2, 0) is 37.0 Å². The van der Waals surface area contributed by atoms with Gasteiger partial charge in [-0.05, 0) is 74.1 Å². The molecule has 0 amide bonds. The molecule has 2 aliphatic rings. The van der Waals surface area contributed by atoms with Gasteiger partial charge in [0.1, 0.15) is 10.5 Å². The highest BCUT2D eigenvalue weighted by molar-refractivity contribution is 7.89. The Morgan fingerprint density at radius 3 is 2.46 bits per heavy atom. The predicted molar refractivity (Wildman–Crippen MR) is 195 cm³/mol. The van der Waals surface area contributed by atoms with Crippen molar-refractivity contribution in [2.75, 3.05) is 46.2 Å². The Morgan fingerprint density at radius 2 is 1.77 bits per heavy atom. The number of halogens is 3. The van der Waals surface area contributed by atoms with Crippen LogP contribution in [-0.4, -0.2) is 100 Å². The largest absolute Gasteiger partial charge is 0.481 e. The minimum Gasteiger partial charge on any atom is -0.481 e. The fraction of sp³-hybridized carbons (Fsp3) is 0.526. The average Bonchev–Trinajstić information content (AvgIpc) is 3.57. The number of ether oxygens (including phenoxy) is 4. The zero-order chi connectivity index (χ0) is 40.5. The molecule has 2 aliphatic heterocycles. The van der Waals surface area contributed by atoms with Crippen LogP contribution in [0.4, 0.5) is 13.2 Å². The van der Waals surface area contributed by atoms with Crippen molar-refractivity contribution in [3.63, 3.8) is 0 Å². The average molecular weight is 806 g/mol. The summed E-state index contributed by atoms with van der Waals surface area (Å²) in [5.41, 5.74) is 0.107. The Bertz CT molecular complexity index is 2170. The van der Waals surface area contributed by atoms with E-state index in [1.54, 1.807) is 25.1 Å². The molecule has 1 spiro atoms. The van der Waals surface area contributed by atoms with E-state index in [1.165, 1.54) is 42.5 Å². The molecule has 0 radical (unpaired) electrons. The monoisotopic (exact) mass is 805 g/mol. The van der Waals surface area contributed by atoms with Gasteiger partial charge >= 0.3 is 12.1 Å². The van der Waals surface area contributed by atoms with Crippen molar-refractivity contribution in [1.82, 2.24) is 23.9 Å². The third-order valence-corrected chi connectivity index (χ3v) is 12.3. The molecule has 5 heterocycles. The third-order valence-electron chi connectivity index (χ3n) is 10.5. The Morgan fingerprint density at radius 1 is 1.04 bits per heavy atom. The van der Waals surface area contributed by atoms with Crippen molar-refractivity contribution in [1.29, 1.82) is 0 Å². The second kappa shape index (κ2) is 16.2. The predicted octanol–water partition coefficient (Wildman–Crippen LogP) is 5.30. The maximum Gasteiger partial charge on any atom is 0.452 e. The lowest BCUT2D eigenvalue weighted by molar-refractivity contribution is -0.147. The molecule has 3 aromatic heterocycles. The molecule has 1 atom stereocenters. The van der Waals surface area contributed by atoms with Gasteiger partial charge in [0.2, 0.25) is 27.6 Å². The highest BCUT2D eigenvalue weighted by Crippen LogP contribution is 2.45. The molecule has 4 aromatic rings. The lowest BCUT2D eigenvalue weighted by Crippen LogP contribution is -2.50. The molecule has 1 saturated heterocycles. The van der Waals surface area contributed by atoms with Gasteiger partial charge in [-0.25, -0.2) is 8.42 Å². The molecule has 2 N–H and O–H groups in total. The number of fused-ring (bicyclic) bond motifs is 2. The Kier molecular flexibility index (Phi) is 12.0. The van der Waals surface area contributed by atoms with E-state index in [1.807, 2.05) is 6.92 Å². The number of aryl methyl sites for hydroxylation is 2. The van der Waals surface area contributed by atoms with E-state index < -0.39 is 44.9 Å². The van der Waals surface area contributed by atoms with Crippen LogP contribution in [0.5, 0.6) is 11.8 Å². The Balaban J connectivity index is 1.36. The first kappa shape index (κ1) is 41.3. The maximum absolute atomic E-state index is 14.5. The maximum atomic E-state index is 14.5. The summed E-state index contributed by atoms with van der Waals surface area (Å²) in [5.74, 6) is -3.12. The first-order valence-electron chi connectivity index (χ1n) is 18.3. The van der Waals surface area contributed by atoms with Gasteiger partial charge in [0.15, 0.2) is 5.65 Å². The number of alkyl halides is 3. The van der Waals surface area contributed by atoms with Gasteiger partial charge < -0.3 is 29.2 Å². The van der Waals surface area contributed by atoms with Gasteiger partial charge in [-0.1, -0.05) is 18.2 Å². The van der Waals surface area contributed by atoms with E-state index in [2.05, 4.69) is 15.2 Å².